The largest absolute Gasteiger partial charge is 0.209 e. The van der Waals surface area contributed by atoms with E-state index in [4.69, 9.17) is 15.0 Å². The standard InChI is InChI=1S/C25H29N3/c1-5-12-22(17-19(4)18(2)3)25-27-23(20-13-8-6-9-14-20)26-24(28-25)21-15-10-7-11-16-21/h6-16,18-19H,5,17H2,1-4H3/b22-12+. The summed E-state index contributed by atoms with van der Waals surface area (Å²) in [5, 5.41) is 0. The first kappa shape index (κ1) is 19.9. The highest BCUT2D eigenvalue weighted by atomic mass is 15.0. The molecule has 0 aliphatic heterocycles. The molecule has 28 heavy (non-hydrogen) atoms. The van der Waals surface area contributed by atoms with Crippen LogP contribution in [-0.4, -0.2) is 15.0 Å². The summed E-state index contributed by atoms with van der Waals surface area (Å²) in [4.78, 5) is 14.5. The van der Waals surface area contributed by atoms with E-state index in [1.165, 1.54) is 5.57 Å². The van der Waals surface area contributed by atoms with Crippen LogP contribution in [0.3, 0.4) is 0 Å². The zero-order valence-electron chi connectivity index (χ0n) is 17.3. The van der Waals surface area contributed by atoms with Crippen molar-refractivity contribution in [2.75, 3.05) is 0 Å². The van der Waals surface area contributed by atoms with Crippen molar-refractivity contribution < 1.29 is 0 Å². The number of aromatic nitrogens is 3. The van der Waals surface area contributed by atoms with E-state index in [1.54, 1.807) is 0 Å². The number of hydrogen-bond acceptors (Lipinski definition) is 3. The smallest absolute Gasteiger partial charge is 0.164 e. The van der Waals surface area contributed by atoms with E-state index in [-0.39, 0.29) is 0 Å². The third kappa shape index (κ3) is 4.92. The average molecular weight is 372 g/mol. The Morgan fingerprint density at radius 3 is 1.71 bits per heavy atom. The van der Waals surface area contributed by atoms with Gasteiger partial charge in [0.05, 0.1) is 0 Å². The molecule has 0 radical (unpaired) electrons. The van der Waals surface area contributed by atoms with Gasteiger partial charge in [0.1, 0.15) is 0 Å². The number of benzene rings is 2. The lowest BCUT2D eigenvalue weighted by atomic mass is 9.90. The maximum Gasteiger partial charge on any atom is 0.164 e. The Bertz CT molecular complexity index is 857. The maximum atomic E-state index is 4.87. The lowest BCUT2D eigenvalue weighted by Crippen LogP contribution is -2.08. The maximum absolute atomic E-state index is 4.87. The molecule has 0 spiro atoms. The molecule has 0 bridgehead atoms. The summed E-state index contributed by atoms with van der Waals surface area (Å²) in [5.74, 6) is 3.42. The van der Waals surface area contributed by atoms with Gasteiger partial charge in [0.15, 0.2) is 17.5 Å². The van der Waals surface area contributed by atoms with Gasteiger partial charge in [0, 0.05) is 11.1 Å². The minimum Gasteiger partial charge on any atom is -0.209 e. The van der Waals surface area contributed by atoms with Crippen molar-refractivity contribution in [1.82, 2.24) is 15.0 Å². The Hall–Kier alpha value is -2.81. The molecule has 0 aliphatic carbocycles. The zero-order valence-corrected chi connectivity index (χ0v) is 17.3. The predicted octanol–water partition coefficient (Wildman–Crippen LogP) is 6.68. The van der Waals surface area contributed by atoms with E-state index in [0.29, 0.717) is 11.8 Å². The number of hydrogen-bond donors (Lipinski definition) is 0. The molecule has 3 aromatic rings. The predicted molar refractivity (Wildman–Crippen MR) is 118 cm³/mol. The molecule has 2 aromatic carbocycles. The van der Waals surface area contributed by atoms with E-state index in [2.05, 4.69) is 33.8 Å². The van der Waals surface area contributed by atoms with Crippen molar-refractivity contribution in [2.45, 2.75) is 40.5 Å². The molecule has 144 valence electrons. The van der Waals surface area contributed by atoms with E-state index in [0.717, 1.165) is 41.4 Å². The summed E-state index contributed by atoms with van der Waals surface area (Å²) < 4.78 is 0. The van der Waals surface area contributed by atoms with Crippen molar-refractivity contribution in [2.24, 2.45) is 11.8 Å². The third-order valence-electron chi connectivity index (χ3n) is 5.12. The Morgan fingerprint density at radius 2 is 1.29 bits per heavy atom. The number of rotatable bonds is 7. The first-order chi connectivity index (χ1) is 13.6. The highest BCUT2D eigenvalue weighted by molar-refractivity contribution is 5.67. The van der Waals surface area contributed by atoms with Crippen LogP contribution in [0.25, 0.3) is 28.3 Å². The molecule has 3 nitrogen and oxygen atoms in total. The Morgan fingerprint density at radius 1 is 0.786 bits per heavy atom. The molecule has 1 atom stereocenters. The fourth-order valence-corrected chi connectivity index (χ4v) is 3.05. The molecule has 0 N–H and O–H groups in total. The van der Waals surface area contributed by atoms with Gasteiger partial charge in [-0.25, -0.2) is 15.0 Å². The van der Waals surface area contributed by atoms with E-state index in [9.17, 15) is 0 Å². The van der Waals surface area contributed by atoms with Crippen molar-refractivity contribution in [3.63, 3.8) is 0 Å². The van der Waals surface area contributed by atoms with E-state index < -0.39 is 0 Å². The molecule has 3 rings (SSSR count). The number of allylic oxidation sites excluding steroid dienone is 2. The van der Waals surface area contributed by atoms with Crippen molar-refractivity contribution >= 4 is 5.57 Å². The van der Waals surface area contributed by atoms with Gasteiger partial charge in [-0.15, -0.1) is 0 Å². The Labute approximate surface area is 168 Å². The van der Waals surface area contributed by atoms with Gasteiger partial charge in [0.2, 0.25) is 0 Å². The van der Waals surface area contributed by atoms with Crippen LogP contribution in [0.1, 0.15) is 46.4 Å². The van der Waals surface area contributed by atoms with E-state index in [1.807, 2.05) is 60.7 Å². The van der Waals surface area contributed by atoms with Crippen LogP contribution in [0.2, 0.25) is 0 Å². The van der Waals surface area contributed by atoms with Gasteiger partial charge in [-0.2, -0.15) is 0 Å². The van der Waals surface area contributed by atoms with Gasteiger partial charge in [-0.05, 0) is 30.3 Å². The Kier molecular flexibility index (Phi) is 6.70. The molecule has 1 heterocycles. The molecular formula is C25H29N3. The molecule has 0 saturated heterocycles. The minimum atomic E-state index is 0.565. The summed E-state index contributed by atoms with van der Waals surface area (Å²) in [6, 6.07) is 20.3. The van der Waals surface area contributed by atoms with Crippen LogP contribution in [0.15, 0.2) is 66.7 Å². The molecule has 0 amide bonds. The molecule has 0 saturated carbocycles. The second-order valence-electron chi connectivity index (χ2n) is 7.60. The van der Waals surface area contributed by atoms with Crippen molar-refractivity contribution in [3.8, 4) is 22.8 Å². The van der Waals surface area contributed by atoms with Crippen LogP contribution in [0, 0.1) is 11.8 Å². The molecule has 1 unspecified atom stereocenters. The third-order valence-corrected chi connectivity index (χ3v) is 5.12. The summed E-state index contributed by atoms with van der Waals surface area (Å²) in [7, 11) is 0. The van der Waals surface area contributed by atoms with Gasteiger partial charge >= 0.3 is 0 Å². The summed E-state index contributed by atoms with van der Waals surface area (Å²) in [5.41, 5.74) is 3.23. The number of nitrogens with zero attached hydrogens (tertiary/aromatic N) is 3. The summed E-state index contributed by atoms with van der Waals surface area (Å²) >= 11 is 0. The normalized spacial score (nSPS) is 13.0. The molecule has 0 aliphatic rings. The summed E-state index contributed by atoms with van der Waals surface area (Å²) in [6.45, 7) is 9.00. The SMILES string of the molecule is CC/C=C(\CC(C)C(C)C)c1nc(-c2ccccc2)nc(-c2ccccc2)n1. The minimum absolute atomic E-state index is 0.565. The first-order valence-corrected chi connectivity index (χ1v) is 10.1. The molecule has 0 fully saturated rings. The highest BCUT2D eigenvalue weighted by Crippen LogP contribution is 2.28. The van der Waals surface area contributed by atoms with Gasteiger partial charge in [-0.3, -0.25) is 0 Å². The molecule has 1 aromatic heterocycles. The molecule has 3 heteroatoms. The van der Waals surface area contributed by atoms with Gasteiger partial charge in [0.25, 0.3) is 0 Å². The van der Waals surface area contributed by atoms with Crippen LogP contribution < -0.4 is 0 Å². The quantitative estimate of drug-likeness (QED) is 0.465. The van der Waals surface area contributed by atoms with Crippen LogP contribution in [0.4, 0.5) is 0 Å². The van der Waals surface area contributed by atoms with Crippen LogP contribution in [-0.2, 0) is 0 Å². The van der Waals surface area contributed by atoms with E-state index >= 15 is 0 Å². The fraction of sp³-hybridized carbons (Fsp3) is 0.320. The second kappa shape index (κ2) is 9.41. The second-order valence-corrected chi connectivity index (χ2v) is 7.60. The first-order valence-electron chi connectivity index (χ1n) is 10.1. The monoisotopic (exact) mass is 371 g/mol. The lowest BCUT2D eigenvalue weighted by molar-refractivity contribution is 0.428. The van der Waals surface area contributed by atoms with Crippen LogP contribution in [0.5, 0.6) is 0 Å². The summed E-state index contributed by atoms with van der Waals surface area (Å²) in [6.07, 6.45) is 4.20. The van der Waals surface area contributed by atoms with Gasteiger partial charge in [-0.1, -0.05) is 94.4 Å². The lowest BCUT2D eigenvalue weighted by Gasteiger charge is -2.18. The zero-order chi connectivity index (χ0) is 19.9. The van der Waals surface area contributed by atoms with Crippen molar-refractivity contribution in [1.29, 1.82) is 0 Å². The molecular weight excluding hydrogens is 342 g/mol. The van der Waals surface area contributed by atoms with Gasteiger partial charge < -0.3 is 0 Å². The average Bonchev–Trinajstić information content (AvgIpc) is 2.74. The van der Waals surface area contributed by atoms with Crippen LogP contribution >= 0.6 is 0 Å². The topological polar surface area (TPSA) is 38.7 Å². The fourth-order valence-electron chi connectivity index (χ4n) is 3.05. The van der Waals surface area contributed by atoms with Crippen molar-refractivity contribution in [3.05, 3.63) is 72.6 Å². The Balaban J connectivity index is 2.12. The highest BCUT2D eigenvalue weighted by Gasteiger charge is 2.16.